The van der Waals surface area contributed by atoms with Crippen molar-refractivity contribution in [3.63, 3.8) is 0 Å². The third-order valence-corrected chi connectivity index (χ3v) is 2.31. The molecular formula is C12H15NO2. The molecule has 0 spiro atoms. The lowest BCUT2D eigenvalue weighted by Gasteiger charge is -2.21. The summed E-state index contributed by atoms with van der Waals surface area (Å²) in [6, 6.07) is 1.80. The monoisotopic (exact) mass is 205 g/mol. The molecule has 0 unspecified atom stereocenters. The first kappa shape index (κ1) is 11.4. The third-order valence-electron chi connectivity index (χ3n) is 2.31. The van der Waals surface area contributed by atoms with Crippen molar-refractivity contribution in [2.24, 2.45) is 0 Å². The second-order valence-corrected chi connectivity index (χ2v) is 3.70. The van der Waals surface area contributed by atoms with Crippen LogP contribution in [-0.2, 0) is 5.41 Å². The van der Waals surface area contributed by atoms with Crippen LogP contribution in [-0.4, -0.2) is 19.2 Å². The maximum atomic E-state index is 5.49. The van der Waals surface area contributed by atoms with Crippen LogP contribution in [0.2, 0.25) is 0 Å². The summed E-state index contributed by atoms with van der Waals surface area (Å²) in [6.07, 6.45) is 7.10. The molecule has 1 heterocycles. The van der Waals surface area contributed by atoms with Gasteiger partial charge in [0.2, 0.25) is 5.88 Å². The zero-order valence-electron chi connectivity index (χ0n) is 9.50. The fourth-order valence-corrected chi connectivity index (χ4v) is 1.26. The lowest BCUT2D eigenvalue weighted by atomic mass is 9.85. The van der Waals surface area contributed by atoms with Gasteiger partial charge in [-0.2, -0.15) is 0 Å². The van der Waals surface area contributed by atoms with Gasteiger partial charge < -0.3 is 9.47 Å². The van der Waals surface area contributed by atoms with Gasteiger partial charge in [0.1, 0.15) is 5.75 Å². The second-order valence-electron chi connectivity index (χ2n) is 3.70. The molecule has 1 aromatic heterocycles. The minimum absolute atomic E-state index is 0.401. The number of terminal acetylenes is 1. The smallest absolute Gasteiger partial charge is 0.213 e. The zero-order valence-corrected chi connectivity index (χ0v) is 9.50. The van der Waals surface area contributed by atoms with E-state index in [-0.39, 0.29) is 0 Å². The van der Waals surface area contributed by atoms with Gasteiger partial charge in [-0.15, -0.1) is 6.42 Å². The highest BCUT2D eigenvalue weighted by Gasteiger charge is 2.23. The van der Waals surface area contributed by atoms with Crippen LogP contribution in [0.15, 0.2) is 12.3 Å². The highest BCUT2D eigenvalue weighted by Crippen LogP contribution is 2.32. The van der Waals surface area contributed by atoms with E-state index in [4.69, 9.17) is 15.9 Å². The van der Waals surface area contributed by atoms with Crippen LogP contribution < -0.4 is 9.47 Å². The molecule has 3 nitrogen and oxygen atoms in total. The van der Waals surface area contributed by atoms with Crippen molar-refractivity contribution in [1.29, 1.82) is 0 Å². The van der Waals surface area contributed by atoms with Crippen LogP contribution in [0.4, 0.5) is 0 Å². The van der Waals surface area contributed by atoms with Gasteiger partial charge in [0, 0.05) is 11.6 Å². The van der Waals surface area contributed by atoms with Crippen LogP contribution in [0, 0.1) is 12.3 Å². The Morgan fingerprint density at radius 1 is 1.33 bits per heavy atom. The number of nitrogens with zero attached hydrogens (tertiary/aromatic N) is 1. The van der Waals surface area contributed by atoms with Gasteiger partial charge in [-0.25, -0.2) is 4.98 Å². The van der Waals surface area contributed by atoms with Crippen LogP contribution in [0.3, 0.4) is 0 Å². The molecule has 15 heavy (non-hydrogen) atoms. The van der Waals surface area contributed by atoms with Gasteiger partial charge in [-0.3, -0.25) is 0 Å². The molecule has 0 saturated carbocycles. The maximum absolute atomic E-state index is 5.49. The average molecular weight is 205 g/mol. The topological polar surface area (TPSA) is 31.4 Å². The lowest BCUT2D eigenvalue weighted by Crippen LogP contribution is -2.15. The van der Waals surface area contributed by atoms with Crippen molar-refractivity contribution in [1.82, 2.24) is 4.98 Å². The van der Waals surface area contributed by atoms with Crippen molar-refractivity contribution in [2.45, 2.75) is 19.3 Å². The number of hydrogen-bond donors (Lipinski definition) is 0. The maximum Gasteiger partial charge on any atom is 0.213 e. The molecule has 0 fully saturated rings. The van der Waals surface area contributed by atoms with Crippen LogP contribution in [0.25, 0.3) is 0 Å². The Labute approximate surface area is 90.4 Å². The standard InChI is InChI=1S/C12H15NO2/c1-6-12(2,3)9-7-11(15-5)13-8-10(9)14-4/h1,7-8H,2-5H3. The number of ether oxygens (including phenoxy) is 2. The molecule has 0 amide bonds. The summed E-state index contributed by atoms with van der Waals surface area (Å²) in [5, 5.41) is 0. The Kier molecular flexibility index (Phi) is 3.21. The number of hydrogen-bond acceptors (Lipinski definition) is 3. The Balaban J connectivity index is 3.31. The van der Waals surface area contributed by atoms with Gasteiger partial charge in [-0.1, -0.05) is 5.92 Å². The van der Waals surface area contributed by atoms with E-state index in [0.29, 0.717) is 11.6 Å². The largest absolute Gasteiger partial charge is 0.495 e. The molecule has 0 saturated heterocycles. The number of rotatable bonds is 3. The van der Waals surface area contributed by atoms with Crippen molar-refractivity contribution in [3.05, 3.63) is 17.8 Å². The van der Waals surface area contributed by atoms with E-state index < -0.39 is 5.41 Å². The van der Waals surface area contributed by atoms with Gasteiger partial charge in [-0.05, 0) is 13.8 Å². The Bertz CT molecular complexity index is 391. The minimum Gasteiger partial charge on any atom is -0.495 e. The number of pyridine rings is 1. The molecule has 0 aromatic carbocycles. The second kappa shape index (κ2) is 4.22. The fraction of sp³-hybridized carbons (Fsp3) is 0.417. The fourth-order valence-electron chi connectivity index (χ4n) is 1.26. The first-order valence-corrected chi connectivity index (χ1v) is 4.61. The highest BCUT2D eigenvalue weighted by atomic mass is 16.5. The average Bonchev–Trinajstić information content (AvgIpc) is 2.28. The highest BCUT2D eigenvalue weighted by molar-refractivity contribution is 5.44. The Morgan fingerprint density at radius 3 is 2.47 bits per heavy atom. The number of aromatic nitrogens is 1. The van der Waals surface area contributed by atoms with Crippen molar-refractivity contribution in [2.75, 3.05) is 14.2 Å². The van der Waals surface area contributed by atoms with E-state index in [0.717, 1.165) is 5.56 Å². The van der Waals surface area contributed by atoms with Gasteiger partial charge in [0.05, 0.1) is 25.8 Å². The zero-order chi connectivity index (χ0) is 11.5. The molecule has 0 aliphatic carbocycles. The molecule has 0 radical (unpaired) electrons. The summed E-state index contributed by atoms with van der Waals surface area (Å²) in [6.45, 7) is 3.90. The molecule has 0 N–H and O–H groups in total. The van der Waals surface area contributed by atoms with Gasteiger partial charge in [0.25, 0.3) is 0 Å². The summed E-state index contributed by atoms with van der Waals surface area (Å²) < 4.78 is 10.3. The van der Waals surface area contributed by atoms with Gasteiger partial charge >= 0.3 is 0 Å². The van der Waals surface area contributed by atoms with Crippen molar-refractivity contribution >= 4 is 0 Å². The van der Waals surface area contributed by atoms with E-state index in [1.807, 2.05) is 13.8 Å². The third kappa shape index (κ3) is 2.21. The van der Waals surface area contributed by atoms with E-state index in [1.54, 1.807) is 26.5 Å². The Hall–Kier alpha value is -1.69. The normalized spacial score (nSPS) is 10.6. The van der Waals surface area contributed by atoms with E-state index >= 15 is 0 Å². The first-order chi connectivity index (χ1) is 7.05. The molecule has 0 bridgehead atoms. The molecule has 0 aliphatic rings. The van der Waals surface area contributed by atoms with Crippen LogP contribution in [0.5, 0.6) is 11.6 Å². The molecule has 80 valence electrons. The molecule has 1 rings (SSSR count). The summed E-state index contributed by atoms with van der Waals surface area (Å²) in [5.41, 5.74) is 0.501. The SMILES string of the molecule is C#CC(C)(C)c1cc(OC)ncc1OC. The molecule has 1 aromatic rings. The van der Waals surface area contributed by atoms with Crippen LogP contribution in [0.1, 0.15) is 19.4 Å². The predicted molar refractivity (Wildman–Crippen MR) is 59.2 cm³/mol. The summed E-state index contributed by atoms with van der Waals surface area (Å²) in [4.78, 5) is 4.06. The van der Waals surface area contributed by atoms with Crippen LogP contribution >= 0.6 is 0 Å². The van der Waals surface area contributed by atoms with E-state index in [9.17, 15) is 0 Å². The molecule has 0 aliphatic heterocycles. The molecule has 3 heteroatoms. The molecule has 0 atom stereocenters. The predicted octanol–water partition coefficient (Wildman–Crippen LogP) is 2.01. The molecular weight excluding hydrogens is 190 g/mol. The number of methoxy groups -OCH3 is 2. The summed E-state index contributed by atoms with van der Waals surface area (Å²) in [5.74, 6) is 3.94. The summed E-state index contributed by atoms with van der Waals surface area (Å²) in [7, 11) is 3.17. The minimum atomic E-state index is -0.401. The first-order valence-electron chi connectivity index (χ1n) is 4.61. The summed E-state index contributed by atoms with van der Waals surface area (Å²) >= 11 is 0. The van der Waals surface area contributed by atoms with Crippen molar-refractivity contribution in [3.8, 4) is 24.0 Å². The van der Waals surface area contributed by atoms with Gasteiger partial charge in [0.15, 0.2) is 0 Å². The van der Waals surface area contributed by atoms with E-state index in [2.05, 4.69) is 10.9 Å². The van der Waals surface area contributed by atoms with Crippen molar-refractivity contribution < 1.29 is 9.47 Å². The lowest BCUT2D eigenvalue weighted by molar-refractivity contribution is 0.379. The quantitative estimate of drug-likeness (QED) is 0.707. The van der Waals surface area contributed by atoms with E-state index in [1.165, 1.54) is 0 Å². The Morgan fingerprint density at radius 2 is 2.00 bits per heavy atom.